The summed E-state index contributed by atoms with van der Waals surface area (Å²) in [6.45, 7) is 6.47. The number of carbonyl (C=O) groups excluding carboxylic acids is 1. The molecule has 1 saturated heterocycles. The highest BCUT2D eigenvalue weighted by atomic mass is 35.5. The summed E-state index contributed by atoms with van der Waals surface area (Å²) < 4.78 is 19.9. The molecule has 12 heteroatoms. The van der Waals surface area contributed by atoms with Crippen molar-refractivity contribution in [3.8, 4) is 23.0 Å². The highest BCUT2D eigenvalue weighted by Crippen LogP contribution is 2.37. The van der Waals surface area contributed by atoms with E-state index in [1.165, 1.54) is 10.5 Å². The summed E-state index contributed by atoms with van der Waals surface area (Å²) in [6, 6.07) is 13.7. The molecule has 0 bridgehead atoms. The molecule has 0 spiro atoms. The van der Waals surface area contributed by atoms with Gasteiger partial charge in [0.25, 0.3) is 5.91 Å². The molecule has 10 nitrogen and oxygen atoms in total. The lowest BCUT2D eigenvalue weighted by atomic mass is 9.99. The summed E-state index contributed by atoms with van der Waals surface area (Å²) in [5, 5.41) is 9.27. The Balaban J connectivity index is 1.32. The van der Waals surface area contributed by atoms with Crippen molar-refractivity contribution in [2.45, 2.75) is 13.0 Å². The Labute approximate surface area is 251 Å². The molecular formula is C31H28ClFN8O2. The largest absolute Gasteiger partial charge is 0.424 e. The molecule has 1 fully saturated rings. The van der Waals surface area contributed by atoms with Crippen LogP contribution in [-0.2, 0) is 17.8 Å². The number of amides is 1. The average molecular weight is 599 g/mol. The van der Waals surface area contributed by atoms with Gasteiger partial charge in [0.1, 0.15) is 11.6 Å². The van der Waals surface area contributed by atoms with E-state index in [4.69, 9.17) is 31.3 Å². The molecule has 43 heavy (non-hydrogen) atoms. The number of nitrogens with zero attached hydrogens (tertiary/aromatic N) is 7. The second-order valence-corrected chi connectivity index (χ2v) is 11.2. The van der Waals surface area contributed by atoms with Crippen molar-refractivity contribution in [1.29, 1.82) is 0 Å². The van der Waals surface area contributed by atoms with Crippen LogP contribution < -0.4 is 9.64 Å². The third-order valence-corrected chi connectivity index (χ3v) is 8.38. The number of halogens is 2. The van der Waals surface area contributed by atoms with Crippen LogP contribution in [-0.4, -0.2) is 80.6 Å². The van der Waals surface area contributed by atoms with E-state index in [1.807, 2.05) is 41.3 Å². The molecule has 7 rings (SSSR count). The van der Waals surface area contributed by atoms with Gasteiger partial charge in [-0.05, 0) is 49.4 Å². The minimum absolute atomic E-state index is 0.169. The van der Waals surface area contributed by atoms with Gasteiger partial charge in [-0.25, -0.2) is 9.37 Å². The fourth-order valence-electron chi connectivity index (χ4n) is 5.85. The Hall–Kier alpha value is -4.61. The van der Waals surface area contributed by atoms with Crippen LogP contribution in [0.3, 0.4) is 0 Å². The molecule has 3 aromatic heterocycles. The number of likely N-dealkylation sites (N-methyl/N-ethyl adjacent to an activating group) is 1. The third kappa shape index (κ3) is 5.04. The SMILES string of the molecule is C=C(F)C(=O)N1CCN(c2nc(Oc3cccc4c3CCN(C)C4)nc3nc(-c4c(Cl)ccc5[nH]ncc45)ccc23)CC1. The number of benzene rings is 2. The maximum atomic E-state index is 13.5. The van der Waals surface area contributed by atoms with Crippen molar-refractivity contribution in [3.05, 3.63) is 77.2 Å². The summed E-state index contributed by atoms with van der Waals surface area (Å²) >= 11 is 6.66. The van der Waals surface area contributed by atoms with Crippen molar-refractivity contribution < 1.29 is 13.9 Å². The van der Waals surface area contributed by atoms with Gasteiger partial charge in [-0.15, -0.1) is 0 Å². The first-order chi connectivity index (χ1) is 20.9. The number of rotatable bonds is 5. The minimum atomic E-state index is -0.961. The normalized spacial score (nSPS) is 15.6. The summed E-state index contributed by atoms with van der Waals surface area (Å²) in [7, 11) is 2.10. The summed E-state index contributed by atoms with van der Waals surface area (Å²) in [5.41, 5.74) is 5.02. The fraction of sp³-hybridized carbons (Fsp3) is 0.258. The minimum Gasteiger partial charge on any atom is -0.424 e. The molecule has 2 aliphatic rings. The van der Waals surface area contributed by atoms with E-state index in [9.17, 15) is 9.18 Å². The first-order valence-corrected chi connectivity index (χ1v) is 14.4. The number of hydrogen-bond acceptors (Lipinski definition) is 8. The number of carbonyl (C=O) groups is 1. The lowest BCUT2D eigenvalue weighted by Gasteiger charge is -2.35. The number of aromatic nitrogens is 5. The van der Waals surface area contributed by atoms with Gasteiger partial charge in [0.05, 0.1) is 27.8 Å². The van der Waals surface area contributed by atoms with Crippen LogP contribution in [0.2, 0.25) is 5.02 Å². The summed E-state index contributed by atoms with van der Waals surface area (Å²) in [4.78, 5) is 32.5. The molecular weight excluding hydrogens is 571 g/mol. The van der Waals surface area contributed by atoms with Gasteiger partial charge in [-0.3, -0.25) is 9.89 Å². The first-order valence-electron chi connectivity index (χ1n) is 14.0. The molecule has 5 heterocycles. The van der Waals surface area contributed by atoms with Crippen molar-refractivity contribution in [2.24, 2.45) is 0 Å². The number of H-pyrrole nitrogens is 1. The smallest absolute Gasteiger partial charge is 0.326 e. The molecule has 1 amide bonds. The molecule has 0 saturated carbocycles. The van der Waals surface area contributed by atoms with Gasteiger partial charge in [0.15, 0.2) is 11.5 Å². The van der Waals surface area contributed by atoms with E-state index in [2.05, 4.69) is 34.8 Å². The van der Waals surface area contributed by atoms with E-state index in [0.717, 1.165) is 52.7 Å². The number of fused-ring (bicyclic) bond motifs is 3. The van der Waals surface area contributed by atoms with E-state index >= 15 is 0 Å². The molecule has 218 valence electrons. The highest BCUT2D eigenvalue weighted by Gasteiger charge is 2.27. The quantitative estimate of drug-likeness (QED) is 0.278. The van der Waals surface area contributed by atoms with Gasteiger partial charge in [0.2, 0.25) is 0 Å². The first kappa shape index (κ1) is 27.2. The second-order valence-electron chi connectivity index (χ2n) is 10.8. The lowest BCUT2D eigenvalue weighted by Crippen LogP contribution is -2.49. The number of hydrogen-bond donors (Lipinski definition) is 1. The maximum absolute atomic E-state index is 13.5. The average Bonchev–Trinajstić information content (AvgIpc) is 3.49. The lowest BCUT2D eigenvalue weighted by molar-refractivity contribution is -0.128. The number of piperazine rings is 1. The third-order valence-electron chi connectivity index (χ3n) is 8.06. The molecule has 0 radical (unpaired) electrons. The monoisotopic (exact) mass is 598 g/mol. The number of nitrogens with one attached hydrogen (secondary N) is 1. The van der Waals surface area contributed by atoms with E-state index in [0.29, 0.717) is 48.4 Å². The summed E-state index contributed by atoms with van der Waals surface area (Å²) in [5.74, 6) is -0.304. The van der Waals surface area contributed by atoms with Crippen LogP contribution in [0.15, 0.2) is 61.1 Å². The number of ether oxygens (including phenoxy) is 1. The standard InChI is InChI=1S/C31H28ClFN8O2/c1-18(33)30(42)41-14-12-40(13-15-41)29-21-6-8-25(27-22-16-34-38-24(22)9-7-23(27)32)35-28(21)36-31(37-29)43-26-5-3-4-19-17-39(2)11-10-20(19)26/h3-9,16H,1,10-15,17H2,2H3,(H,34,38). The van der Waals surface area contributed by atoms with Crippen LogP contribution in [0.5, 0.6) is 11.8 Å². The van der Waals surface area contributed by atoms with Crippen molar-refractivity contribution in [1.82, 2.24) is 34.9 Å². The fourth-order valence-corrected chi connectivity index (χ4v) is 6.12. The molecule has 2 aromatic carbocycles. The van der Waals surface area contributed by atoms with E-state index in [1.54, 1.807) is 6.20 Å². The van der Waals surface area contributed by atoms with Crippen LogP contribution in [0.1, 0.15) is 11.1 Å². The predicted octanol–water partition coefficient (Wildman–Crippen LogP) is 5.13. The number of anilines is 1. The second kappa shape index (κ2) is 10.9. The zero-order valence-electron chi connectivity index (χ0n) is 23.5. The highest BCUT2D eigenvalue weighted by molar-refractivity contribution is 6.35. The number of pyridine rings is 1. The maximum Gasteiger partial charge on any atom is 0.326 e. The number of aromatic amines is 1. The van der Waals surface area contributed by atoms with Gasteiger partial charge in [0, 0.05) is 55.8 Å². The van der Waals surface area contributed by atoms with Crippen LogP contribution in [0.25, 0.3) is 33.2 Å². The van der Waals surface area contributed by atoms with E-state index < -0.39 is 11.7 Å². The molecule has 5 aromatic rings. The van der Waals surface area contributed by atoms with Crippen molar-refractivity contribution >= 4 is 45.3 Å². The molecule has 1 N–H and O–H groups in total. The predicted molar refractivity (Wildman–Crippen MR) is 163 cm³/mol. The molecule has 0 unspecified atom stereocenters. The topological polar surface area (TPSA) is 103 Å². The van der Waals surface area contributed by atoms with Gasteiger partial charge >= 0.3 is 6.01 Å². The Kier molecular flexibility index (Phi) is 6.91. The molecule has 0 atom stereocenters. The Morgan fingerprint density at radius 1 is 1.02 bits per heavy atom. The van der Waals surface area contributed by atoms with Gasteiger partial charge < -0.3 is 19.4 Å². The van der Waals surface area contributed by atoms with Crippen molar-refractivity contribution in [3.63, 3.8) is 0 Å². The zero-order valence-corrected chi connectivity index (χ0v) is 24.2. The Morgan fingerprint density at radius 3 is 2.67 bits per heavy atom. The Morgan fingerprint density at radius 2 is 1.86 bits per heavy atom. The van der Waals surface area contributed by atoms with Crippen molar-refractivity contribution in [2.75, 3.05) is 44.7 Å². The zero-order chi connectivity index (χ0) is 29.7. The molecule has 2 aliphatic heterocycles. The van der Waals surface area contributed by atoms with Crippen LogP contribution in [0, 0.1) is 0 Å². The van der Waals surface area contributed by atoms with Crippen LogP contribution in [0.4, 0.5) is 10.2 Å². The van der Waals surface area contributed by atoms with E-state index in [-0.39, 0.29) is 6.01 Å². The molecule has 0 aliphatic carbocycles. The Bertz CT molecular complexity index is 1900. The summed E-state index contributed by atoms with van der Waals surface area (Å²) in [6.07, 6.45) is 2.58. The van der Waals surface area contributed by atoms with Gasteiger partial charge in [-0.1, -0.05) is 30.3 Å². The van der Waals surface area contributed by atoms with Crippen LogP contribution >= 0.6 is 11.6 Å². The van der Waals surface area contributed by atoms with Gasteiger partial charge in [-0.2, -0.15) is 15.1 Å².